The average Bonchev–Trinajstić information content (AvgIpc) is 2.53. The first kappa shape index (κ1) is 20.2. The van der Waals surface area contributed by atoms with Gasteiger partial charge in [0.1, 0.15) is 5.75 Å². The predicted molar refractivity (Wildman–Crippen MR) is 100.0 cm³/mol. The van der Waals surface area contributed by atoms with E-state index in [0.717, 1.165) is 23.1 Å². The van der Waals surface area contributed by atoms with Gasteiger partial charge in [0.25, 0.3) is 0 Å². The molecule has 0 atom stereocenters. The summed E-state index contributed by atoms with van der Waals surface area (Å²) in [6, 6.07) is 3.99. The highest BCUT2D eigenvalue weighted by Crippen LogP contribution is 2.42. The molecule has 1 heterocycles. The van der Waals surface area contributed by atoms with Gasteiger partial charge in [-0.3, -0.25) is 0 Å². The number of rotatable bonds is 3. The molecule has 1 aliphatic rings. The minimum Gasteiger partial charge on any atom is -0.507 e. The van der Waals surface area contributed by atoms with E-state index in [1.807, 2.05) is 19.1 Å². The normalized spacial score (nSPS) is 25.2. The summed E-state index contributed by atoms with van der Waals surface area (Å²) in [5.74, 6) is 0.359. The maximum atomic E-state index is 10.8. The van der Waals surface area contributed by atoms with Crippen LogP contribution < -0.4 is 0 Å². The topological polar surface area (TPSA) is 58.9 Å². The summed E-state index contributed by atoms with van der Waals surface area (Å²) >= 11 is 0. The standard InChI is InChI=1S/C21H34O4/c1-8-21(11-22)12-24-18(25-13-21)14-9-15(19(2,3)4)17(23)16(10-14)20(5,6)7/h9-10,18,22-23H,8,11-13H2,1-7H3. The van der Waals surface area contributed by atoms with Gasteiger partial charge in [0.05, 0.1) is 19.8 Å². The lowest BCUT2D eigenvalue weighted by Gasteiger charge is -2.39. The first-order valence-corrected chi connectivity index (χ1v) is 9.15. The first-order chi connectivity index (χ1) is 11.4. The molecule has 0 bridgehead atoms. The average molecular weight is 350 g/mol. The molecule has 0 spiro atoms. The Bertz CT molecular complexity index is 558. The van der Waals surface area contributed by atoms with Gasteiger partial charge in [0, 0.05) is 11.0 Å². The number of hydrogen-bond acceptors (Lipinski definition) is 4. The summed E-state index contributed by atoms with van der Waals surface area (Å²) in [6.45, 7) is 15.6. The molecule has 142 valence electrons. The van der Waals surface area contributed by atoms with E-state index >= 15 is 0 Å². The first-order valence-electron chi connectivity index (χ1n) is 9.15. The largest absolute Gasteiger partial charge is 0.507 e. The molecule has 4 nitrogen and oxygen atoms in total. The number of aliphatic hydroxyl groups excluding tert-OH is 1. The Hall–Kier alpha value is -1.10. The molecule has 1 aromatic rings. The molecular weight excluding hydrogens is 316 g/mol. The molecule has 0 saturated carbocycles. The van der Waals surface area contributed by atoms with E-state index in [1.54, 1.807) is 0 Å². The van der Waals surface area contributed by atoms with Crippen LogP contribution in [0.3, 0.4) is 0 Å². The summed E-state index contributed by atoms with van der Waals surface area (Å²) in [6.07, 6.45) is 0.348. The van der Waals surface area contributed by atoms with Crippen LogP contribution in [0.25, 0.3) is 0 Å². The number of aliphatic hydroxyl groups is 1. The van der Waals surface area contributed by atoms with E-state index in [2.05, 4.69) is 41.5 Å². The maximum absolute atomic E-state index is 10.8. The van der Waals surface area contributed by atoms with Crippen molar-refractivity contribution >= 4 is 0 Å². The van der Waals surface area contributed by atoms with Gasteiger partial charge >= 0.3 is 0 Å². The second kappa shape index (κ2) is 6.90. The van der Waals surface area contributed by atoms with Crippen LogP contribution >= 0.6 is 0 Å². The molecule has 4 heteroatoms. The van der Waals surface area contributed by atoms with Crippen molar-refractivity contribution in [1.82, 2.24) is 0 Å². The summed E-state index contributed by atoms with van der Waals surface area (Å²) in [5.41, 5.74) is 2.04. The third-order valence-electron chi connectivity index (χ3n) is 5.19. The molecule has 2 N–H and O–H groups in total. The number of ether oxygens (including phenoxy) is 2. The molecule has 25 heavy (non-hydrogen) atoms. The highest BCUT2D eigenvalue weighted by atomic mass is 16.7. The zero-order valence-electron chi connectivity index (χ0n) is 16.8. The van der Waals surface area contributed by atoms with Crippen molar-refractivity contribution in [1.29, 1.82) is 0 Å². The molecule has 1 saturated heterocycles. The zero-order valence-corrected chi connectivity index (χ0v) is 16.8. The SMILES string of the molecule is CCC1(CO)COC(c2cc(C(C)(C)C)c(O)c(C(C)(C)C)c2)OC1. The molecule has 1 aliphatic heterocycles. The van der Waals surface area contributed by atoms with Crippen LogP contribution in [0.5, 0.6) is 5.75 Å². The number of phenolic OH excluding ortho intramolecular Hbond substituents is 1. The lowest BCUT2D eigenvalue weighted by atomic mass is 9.78. The Morgan fingerprint density at radius 2 is 1.44 bits per heavy atom. The number of aromatic hydroxyl groups is 1. The van der Waals surface area contributed by atoms with Crippen molar-refractivity contribution in [3.05, 3.63) is 28.8 Å². The predicted octanol–water partition coefficient (Wildman–Crippen LogP) is 4.42. The zero-order chi connectivity index (χ0) is 19.0. The van der Waals surface area contributed by atoms with Crippen molar-refractivity contribution in [2.24, 2.45) is 5.41 Å². The lowest BCUT2D eigenvalue weighted by Crippen LogP contribution is -2.41. The van der Waals surface area contributed by atoms with Crippen LogP contribution in [0.1, 0.15) is 77.9 Å². The Balaban J connectivity index is 2.42. The second-order valence-corrected chi connectivity index (χ2v) is 9.43. The van der Waals surface area contributed by atoms with Gasteiger partial charge in [-0.05, 0) is 40.5 Å². The van der Waals surface area contributed by atoms with Gasteiger partial charge in [0.2, 0.25) is 0 Å². The molecule has 0 radical (unpaired) electrons. The summed E-state index contributed by atoms with van der Waals surface area (Å²) in [7, 11) is 0. The molecule has 2 rings (SSSR count). The van der Waals surface area contributed by atoms with Gasteiger partial charge in [-0.1, -0.05) is 48.5 Å². The Labute approximate surface area is 152 Å². The number of benzene rings is 1. The Morgan fingerprint density at radius 1 is 1.00 bits per heavy atom. The van der Waals surface area contributed by atoms with Gasteiger partial charge in [-0.15, -0.1) is 0 Å². The van der Waals surface area contributed by atoms with E-state index in [9.17, 15) is 10.2 Å². The van der Waals surface area contributed by atoms with Gasteiger partial charge < -0.3 is 19.7 Å². The van der Waals surface area contributed by atoms with E-state index in [4.69, 9.17) is 9.47 Å². The fourth-order valence-corrected chi connectivity index (χ4v) is 3.13. The van der Waals surface area contributed by atoms with Crippen LogP contribution in [0.4, 0.5) is 0 Å². The van der Waals surface area contributed by atoms with Gasteiger partial charge in [0.15, 0.2) is 6.29 Å². The van der Waals surface area contributed by atoms with E-state index < -0.39 is 6.29 Å². The van der Waals surface area contributed by atoms with E-state index in [-0.39, 0.29) is 22.9 Å². The molecule has 1 fully saturated rings. The highest BCUT2D eigenvalue weighted by molar-refractivity contribution is 5.50. The van der Waals surface area contributed by atoms with Crippen LogP contribution in [-0.2, 0) is 20.3 Å². The number of hydrogen-bond donors (Lipinski definition) is 2. The van der Waals surface area contributed by atoms with Crippen LogP contribution in [0, 0.1) is 5.41 Å². The minimum atomic E-state index is -0.464. The molecular formula is C21H34O4. The van der Waals surface area contributed by atoms with Crippen molar-refractivity contribution in [2.45, 2.75) is 72.0 Å². The van der Waals surface area contributed by atoms with Crippen molar-refractivity contribution in [3.8, 4) is 5.75 Å². The Morgan fingerprint density at radius 3 is 1.76 bits per heavy atom. The molecule has 0 aliphatic carbocycles. The third kappa shape index (κ3) is 4.18. The fraction of sp³-hybridized carbons (Fsp3) is 0.714. The smallest absolute Gasteiger partial charge is 0.183 e. The van der Waals surface area contributed by atoms with Gasteiger partial charge in [-0.25, -0.2) is 0 Å². The monoisotopic (exact) mass is 350 g/mol. The van der Waals surface area contributed by atoms with Gasteiger partial charge in [-0.2, -0.15) is 0 Å². The van der Waals surface area contributed by atoms with Crippen molar-refractivity contribution in [2.75, 3.05) is 19.8 Å². The van der Waals surface area contributed by atoms with Crippen molar-refractivity contribution in [3.63, 3.8) is 0 Å². The highest BCUT2D eigenvalue weighted by Gasteiger charge is 2.37. The lowest BCUT2D eigenvalue weighted by molar-refractivity contribution is -0.241. The Kier molecular flexibility index (Phi) is 5.58. The van der Waals surface area contributed by atoms with Crippen LogP contribution in [-0.4, -0.2) is 30.0 Å². The third-order valence-corrected chi connectivity index (χ3v) is 5.19. The second-order valence-electron chi connectivity index (χ2n) is 9.43. The fourth-order valence-electron chi connectivity index (χ4n) is 3.13. The van der Waals surface area contributed by atoms with Crippen molar-refractivity contribution < 1.29 is 19.7 Å². The van der Waals surface area contributed by atoms with E-state index in [1.165, 1.54) is 0 Å². The van der Waals surface area contributed by atoms with Crippen LogP contribution in [0.2, 0.25) is 0 Å². The summed E-state index contributed by atoms with van der Waals surface area (Å²) in [5, 5.41) is 20.5. The molecule has 0 unspecified atom stereocenters. The molecule has 0 amide bonds. The maximum Gasteiger partial charge on any atom is 0.183 e. The minimum absolute atomic E-state index is 0.0618. The quantitative estimate of drug-likeness (QED) is 0.847. The summed E-state index contributed by atoms with van der Waals surface area (Å²) in [4.78, 5) is 0. The van der Waals surface area contributed by atoms with Crippen LogP contribution in [0.15, 0.2) is 12.1 Å². The number of phenols is 1. The molecule has 1 aromatic carbocycles. The molecule has 0 aromatic heterocycles. The summed E-state index contributed by atoms with van der Waals surface area (Å²) < 4.78 is 11.9. The van der Waals surface area contributed by atoms with E-state index in [0.29, 0.717) is 19.0 Å².